The van der Waals surface area contributed by atoms with Gasteiger partial charge in [-0.05, 0) is 6.92 Å². The fourth-order valence-corrected chi connectivity index (χ4v) is 2.01. The molecular formula is C10H18O7. The third kappa shape index (κ3) is 2.43. The molecule has 0 aromatic carbocycles. The van der Waals surface area contributed by atoms with Gasteiger partial charge in [-0.1, -0.05) is 0 Å². The molecule has 1 saturated heterocycles. The van der Waals surface area contributed by atoms with Gasteiger partial charge < -0.3 is 29.2 Å². The number of carbonyl (C=O) groups is 1. The van der Waals surface area contributed by atoms with Gasteiger partial charge in [0.2, 0.25) is 0 Å². The van der Waals surface area contributed by atoms with Gasteiger partial charge in [-0.25, -0.2) is 4.79 Å². The van der Waals surface area contributed by atoms with Crippen LogP contribution in [0.1, 0.15) is 6.92 Å². The number of carboxylic acids is 1. The standard InChI is InChI=1S/C10H18O7/c1-10(16-4)8(15-3)6(14-2)5(11)7(17-10)9(12)13/h5-8,11H,1-4H3,(H,12,13)/t5-,6-,7+,8+,10+/m0/s1. The van der Waals surface area contributed by atoms with Gasteiger partial charge in [0.1, 0.15) is 18.3 Å². The summed E-state index contributed by atoms with van der Waals surface area (Å²) in [6.07, 6.45) is -4.33. The molecule has 1 fully saturated rings. The maximum absolute atomic E-state index is 11.0. The van der Waals surface area contributed by atoms with Crippen LogP contribution in [0.2, 0.25) is 0 Å². The largest absolute Gasteiger partial charge is 0.479 e. The molecule has 0 spiro atoms. The second-order valence-corrected chi connectivity index (χ2v) is 3.94. The molecule has 0 aromatic rings. The number of hydrogen-bond acceptors (Lipinski definition) is 6. The zero-order valence-electron chi connectivity index (χ0n) is 10.2. The van der Waals surface area contributed by atoms with E-state index in [2.05, 4.69) is 0 Å². The maximum Gasteiger partial charge on any atom is 0.335 e. The summed E-state index contributed by atoms with van der Waals surface area (Å²) in [5, 5.41) is 18.8. The van der Waals surface area contributed by atoms with E-state index in [9.17, 15) is 9.90 Å². The highest BCUT2D eigenvalue weighted by atomic mass is 16.7. The lowest BCUT2D eigenvalue weighted by molar-refractivity contribution is -0.348. The van der Waals surface area contributed by atoms with Crippen LogP contribution in [0, 0.1) is 0 Å². The summed E-state index contributed by atoms with van der Waals surface area (Å²) in [4.78, 5) is 11.0. The molecule has 0 bridgehead atoms. The summed E-state index contributed by atoms with van der Waals surface area (Å²) >= 11 is 0. The molecule has 5 atom stereocenters. The van der Waals surface area contributed by atoms with Gasteiger partial charge >= 0.3 is 5.97 Å². The zero-order valence-corrected chi connectivity index (χ0v) is 10.2. The molecule has 2 N–H and O–H groups in total. The van der Waals surface area contributed by atoms with E-state index in [0.717, 1.165) is 0 Å². The summed E-state index contributed by atoms with van der Waals surface area (Å²) in [6, 6.07) is 0. The van der Waals surface area contributed by atoms with Crippen molar-refractivity contribution < 1.29 is 34.0 Å². The Morgan fingerprint density at radius 2 is 1.88 bits per heavy atom. The summed E-state index contributed by atoms with van der Waals surface area (Å²) in [5.41, 5.74) is 0. The average molecular weight is 250 g/mol. The van der Waals surface area contributed by atoms with E-state index < -0.39 is 36.2 Å². The Labute approximate surface area is 99.2 Å². The molecule has 7 heteroatoms. The molecule has 0 unspecified atom stereocenters. The number of aliphatic hydroxyl groups excluding tert-OH is 1. The van der Waals surface area contributed by atoms with E-state index in [1.807, 2.05) is 0 Å². The number of hydrogen-bond donors (Lipinski definition) is 2. The van der Waals surface area contributed by atoms with Gasteiger partial charge in [-0.15, -0.1) is 0 Å². The van der Waals surface area contributed by atoms with Gasteiger partial charge in [0.05, 0.1) is 0 Å². The Hall–Kier alpha value is -0.730. The molecule has 1 aliphatic heterocycles. The SMILES string of the molecule is CO[C@H]1[C@H](O)[C@H](C(=O)O)O[C@@](C)(OC)[C@@H]1OC. The van der Waals surface area contributed by atoms with Crippen LogP contribution in [0.3, 0.4) is 0 Å². The Bertz CT molecular complexity index is 282. The second kappa shape index (κ2) is 5.28. The molecule has 1 aliphatic rings. The van der Waals surface area contributed by atoms with Crippen molar-refractivity contribution in [3.63, 3.8) is 0 Å². The zero-order chi connectivity index (χ0) is 13.2. The molecule has 0 amide bonds. The normalized spacial score (nSPS) is 42.4. The first-order valence-corrected chi connectivity index (χ1v) is 5.10. The van der Waals surface area contributed by atoms with E-state index in [1.54, 1.807) is 0 Å². The first-order chi connectivity index (χ1) is 7.91. The minimum Gasteiger partial charge on any atom is -0.479 e. The molecule has 0 aromatic heterocycles. The average Bonchev–Trinajstić information content (AvgIpc) is 2.30. The van der Waals surface area contributed by atoms with Crippen LogP contribution in [-0.4, -0.2) is 67.7 Å². The minimum atomic E-state index is -1.42. The Morgan fingerprint density at radius 3 is 2.24 bits per heavy atom. The number of carboxylic acid groups (broad SMARTS) is 1. The lowest BCUT2D eigenvalue weighted by Gasteiger charge is -2.47. The number of ether oxygens (including phenoxy) is 4. The molecule has 100 valence electrons. The van der Waals surface area contributed by atoms with E-state index in [1.165, 1.54) is 28.3 Å². The molecule has 7 nitrogen and oxygen atoms in total. The molecule has 1 rings (SSSR count). The molecule has 0 saturated carbocycles. The van der Waals surface area contributed by atoms with Crippen molar-refractivity contribution in [1.82, 2.24) is 0 Å². The monoisotopic (exact) mass is 250 g/mol. The van der Waals surface area contributed by atoms with E-state index in [0.29, 0.717) is 0 Å². The Morgan fingerprint density at radius 1 is 1.29 bits per heavy atom. The summed E-state index contributed by atoms with van der Waals surface area (Å²) in [5.74, 6) is -2.57. The fourth-order valence-electron chi connectivity index (χ4n) is 2.01. The molecule has 17 heavy (non-hydrogen) atoms. The van der Waals surface area contributed by atoms with Gasteiger partial charge in [-0.3, -0.25) is 0 Å². The highest BCUT2D eigenvalue weighted by Gasteiger charge is 2.55. The third-order valence-corrected chi connectivity index (χ3v) is 3.00. The van der Waals surface area contributed by atoms with Crippen molar-refractivity contribution in [3.8, 4) is 0 Å². The third-order valence-electron chi connectivity index (χ3n) is 3.00. The van der Waals surface area contributed by atoms with Gasteiger partial charge in [0.25, 0.3) is 0 Å². The molecule has 0 radical (unpaired) electrons. The van der Waals surface area contributed by atoms with Crippen LogP contribution in [-0.2, 0) is 23.7 Å². The van der Waals surface area contributed by atoms with Crippen molar-refractivity contribution in [2.75, 3.05) is 21.3 Å². The van der Waals surface area contributed by atoms with E-state index in [-0.39, 0.29) is 0 Å². The molecular weight excluding hydrogens is 232 g/mol. The van der Waals surface area contributed by atoms with Crippen molar-refractivity contribution in [2.24, 2.45) is 0 Å². The van der Waals surface area contributed by atoms with Crippen LogP contribution >= 0.6 is 0 Å². The smallest absolute Gasteiger partial charge is 0.335 e. The number of aliphatic hydroxyl groups is 1. The van der Waals surface area contributed by atoms with E-state index >= 15 is 0 Å². The second-order valence-electron chi connectivity index (χ2n) is 3.94. The van der Waals surface area contributed by atoms with Gasteiger partial charge in [0, 0.05) is 21.3 Å². The quantitative estimate of drug-likeness (QED) is 0.676. The van der Waals surface area contributed by atoms with Gasteiger partial charge in [-0.2, -0.15) is 0 Å². The minimum absolute atomic E-state index is 0.733. The summed E-state index contributed by atoms with van der Waals surface area (Å²) < 4.78 is 20.7. The van der Waals surface area contributed by atoms with Crippen LogP contribution in [0.5, 0.6) is 0 Å². The van der Waals surface area contributed by atoms with Crippen molar-refractivity contribution >= 4 is 5.97 Å². The van der Waals surface area contributed by atoms with Crippen LogP contribution in [0.4, 0.5) is 0 Å². The number of rotatable bonds is 4. The highest BCUT2D eigenvalue weighted by molar-refractivity contribution is 5.73. The van der Waals surface area contributed by atoms with Crippen LogP contribution in [0.25, 0.3) is 0 Å². The van der Waals surface area contributed by atoms with Crippen molar-refractivity contribution in [3.05, 3.63) is 0 Å². The molecule has 1 heterocycles. The molecule has 0 aliphatic carbocycles. The first-order valence-electron chi connectivity index (χ1n) is 5.10. The predicted octanol–water partition coefficient (Wildman–Crippen LogP) is -0.777. The predicted molar refractivity (Wildman–Crippen MR) is 55.5 cm³/mol. The topological polar surface area (TPSA) is 94.5 Å². The first kappa shape index (κ1) is 14.3. The Kier molecular flexibility index (Phi) is 4.45. The van der Waals surface area contributed by atoms with Crippen molar-refractivity contribution in [2.45, 2.75) is 37.1 Å². The maximum atomic E-state index is 11.0. The highest BCUT2D eigenvalue weighted by Crippen LogP contribution is 2.33. The number of aliphatic carboxylic acids is 1. The lowest BCUT2D eigenvalue weighted by Crippen LogP contribution is -2.66. The fraction of sp³-hybridized carbons (Fsp3) is 0.900. The summed E-state index contributed by atoms with van der Waals surface area (Å²) in [6.45, 7) is 1.54. The number of methoxy groups -OCH3 is 3. The lowest BCUT2D eigenvalue weighted by atomic mass is 9.93. The van der Waals surface area contributed by atoms with Crippen LogP contribution < -0.4 is 0 Å². The Balaban J connectivity index is 3.06. The van der Waals surface area contributed by atoms with Crippen molar-refractivity contribution in [1.29, 1.82) is 0 Å². The van der Waals surface area contributed by atoms with E-state index in [4.69, 9.17) is 24.1 Å². The van der Waals surface area contributed by atoms with Gasteiger partial charge in [0.15, 0.2) is 11.9 Å². The van der Waals surface area contributed by atoms with Crippen LogP contribution in [0.15, 0.2) is 0 Å². The summed E-state index contributed by atoms with van der Waals surface area (Å²) in [7, 11) is 4.14.